The van der Waals surface area contributed by atoms with Crippen LogP contribution in [0.2, 0.25) is 0 Å². The van der Waals surface area contributed by atoms with E-state index in [4.69, 9.17) is 0 Å². The number of aromatic nitrogens is 1. The Morgan fingerprint density at radius 2 is 1.87 bits per heavy atom. The third-order valence-electron chi connectivity index (χ3n) is 5.22. The van der Waals surface area contributed by atoms with Gasteiger partial charge in [0.15, 0.2) is 0 Å². The van der Waals surface area contributed by atoms with E-state index >= 15 is 0 Å². The number of piperidine rings is 1. The highest BCUT2D eigenvalue weighted by Crippen LogP contribution is 2.23. The number of benzene rings is 1. The van der Waals surface area contributed by atoms with Crippen molar-refractivity contribution >= 4 is 16.7 Å². The van der Waals surface area contributed by atoms with Gasteiger partial charge in [0, 0.05) is 30.7 Å². The number of pyridine rings is 1. The van der Waals surface area contributed by atoms with Gasteiger partial charge in [0.1, 0.15) is 5.69 Å². The van der Waals surface area contributed by atoms with E-state index in [1.165, 1.54) is 32.4 Å². The summed E-state index contributed by atoms with van der Waals surface area (Å²) < 4.78 is 0. The summed E-state index contributed by atoms with van der Waals surface area (Å²) in [5.74, 6) is 0.0886. The summed E-state index contributed by atoms with van der Waals surface area (Å²) in [6.07, 6.45) is 6.66. The Morgan fingerprint density at radius 3 is 2.74 bits per heavy atom. The molecular weight excluding hydrogens is 286 g/mol. The molecule has 0 radical (unpaired) electrons. The molecule has 0 N–H and O–H groups in total. The number of amides is 1. The molecule has 2 saturated heterocycles. The zero-order valence-electron chi connectivity index (χ0n) is 13.4. The molecule has 2 aliphatic heterocycles. The molecule has 0 saturated carbocycles. The molecule has 2 aromatic rings. The third kappa shape index (κ3) is 2.83. The van der Waals surface area contributed by atoms with Gasteiger partial charge in [-0.2, -0.15) is 0 Å². The number of carbonyl (C=O) groups is 1. The molecule has 120 valence electrons. The van der Waals surface area contributed by atoms with E-state index in [1.807, 2.05) is 35.2 Å². The topological polar surface area (TPSA) is 36.4 Å². The van der Waals surface area contributed by atoms with Crippen molar-refractivity contribution in [1.29, 1.82) is 0 Å². The molecule has 2 aliphatic rings. The molecule has 4 nitrogen and oxygen atoms in total. The van der Waals surface area contributed by atoms with Gasteiger partial charge < -0.3 is 4.90 Å². The maximum atomic E-state index is 13.0. The lowest BCUT2D eigenvalue weighted by molar-refractivity contribution is 0.0604. The Balaban J connectivity index is 1.57. The molecule has 1 atom stereocenters. The van der Waals surface area contributed by atoms with E-state index in [2.05, 4.69) is 9.88 Å². The predicted octanol–water partition coefficient (Wildman–Crippen LogP) is 2.94. The molecule has 2 fully saturated rings. The zero-order valence-corrected chi connectivity index (χ0v) is 13.4. The number of fused-ring (bicyclic) bond motifs is 1. The van der Waals surface area contributed by atoms with Gasteiger partial charge in [-0.05, 0) is 50.2 Å². The van der Waals surface area contributed by atoms with E-state index in [0.717, 1.165) is 30.3 Å². The number of hydrogen-bond acceptors (Lipinski definition) is 3. The van der Waals surface area contributed by atoms with Crippen molar-refractivity contribution < 1.29 is 4.79 Å². The average Bonchev–Trinajstić information content (AvgIpc) is 3.15. The number of likely N-dealkylation sites (tertiary alicyclic amines) is 2. The first kappa shape index (κ1) is 14.6. The van der Waals surface area contributed by atoms with Crippen molar-refractivity contribution in [1.82, 2.24) is 14.8 Å². The summed E-state index contributed by atoms with van der Waals surface area (Å²) in [4.78, 5) is 22.0. The minimum absolute atomic E-state index is 0.0886. The number of hydrogen-bond donors (Lipinski definition) is 0. The molecule has 4 rings (SSSR count). The Labute approximate surface area is 137 Å². The van der Waals surface area contributed by atoms with Crippen LogP contribution in [0.15, 0.2) is 36.5 Å². The standard InChI is InChI=1S/C19H23N3O/c23-19(18-17-8-2-1-6-15(17)9-10-20-18)22-13-5-7-16(14-22)21-11-3-4-12-21/h1-2,6,8-10,16H,3-5,7,11-14H2. The van der Waals surface area contributed by atoms with Crippen LogP contribution < -0.4 is 0 Å². The Kier molecular flexibility index (Phi) is 4.00. The molecule has 4 heteroatoms. The average molecular weight is 309 g/mol. The SMILES string of the molecule is O=C(c1nccc2ccccc12)N1CCCC(N2CCCC2)C1. The van der Waals surface area contributed by atoms with Gasteiger partial charge in [-0.25, -0.2) is 0 Å². The fourth-order valence-corrected chi connectivity index (χ4v) is 3.98. The van der Waals surface area contributed by atoms with Crippen molar-refractivity contribution in [3.8, 4) is 0 Å². The second-order valence-electron chi connectivity index (χ2n) is 6.67. The molecule has 1 unspecified atom stereocenters. The largest absolute Gasteiger partial charge is 0.336 e. The maximum absolute atomic E-state index is 13.0. The molecule has 0 spiro atoms. The molecule has 23 heavy (non-hydrogen) atoms. The molecule has 3 heterocycles. The van der Waals surface area contributed by atoms with E-state index in [-0.39, 0.29) is 5.91 Å². The van der Waals surface area contributed by atoms with Crippen LogP contribution in [0.3, 0.4) is 0 Å². The summed E-state index contributed by atoms with van der Waals surface area (Å²) in [6, 6.07) is 10.5. The third-order valence-corrected chi connectivity index (χ3v) is 5.22. The van der Waals surface area contributed by atoms with Gasteiger partial charge in [-0.1, -0.05) is 24.3 Å². The highest BCUT2D eigenvalue weighted by Gasteiger charge is 2.30. The molecule has 0 bridgehead atoms. The smallest absolute Gasteiger partial charge is 0.273 e. The van der Waals surface area contributed by atoms with Crippen LogP contribution in [0.25, 0.3) is 10.8 Å². The summed E-state index contributed by atoms with van der Waals surface area (Å²) in [5, 5.41) is 2.04. The highest BCUT2D eigenvalue weighted by molar-refractivity contribution is 6.05. The first-order valence-corrected chi connectivity index (χ1v) is 8.70. The van der Waals surface area contributed by atoms with Crippen molar-refractivity contribution in [3.63, 3.8) is 0 Å². The molecule has 1 aromatic carbocycles. The van der Waals surface area contributed by atoms with Crippen LogP contribution in [0, 0.1) is 0 Å². The lowest BCUT2D eigenvalue weighted by atomic mass is 10.0. The summed E-state index contributed by atoms with van der Waals surface area (Å²) in [6.45, 7) is 4.09. The minimum atomic E-state index is 0.0886. The van der Waals surface area contributed by atoms with Gasteiger partial charge in [-0.15, -0.1) is 0 Å². The van der Waals surface area contributed by atoms with Gasteiger partial charge in [0.2, 0.25) is 0 Å². The molecule has 0 aliphatic carbocycles. The van der Waals surface area contributed by atoms with Crippen LogP contribution in [0.4, 0.5) is 0 Å². The number of nitrogens with zero attached hydrogens (tertiary/aromatic N) is 3. The van der Waals surface area contributed by atoms with Crippen LogP contribution in [0.5, 0.6) is 0 Å². The predicted molar refractivity (Wildman–Crippen MR) is 91.5 cm³/mol. The zero-order chi connectivity index (χ0) is 15.6. The fourth-order valence-electron chi connectivity index (χ4n) is 3.98. The molecule has 1 amide bonds. The Morgan fingerprint density at radius 1 is 1.04 bits per heavy atom. The second kappa shape index (κ2) is 6.28. The van der Waals surface area contributed by atoms with Gasteiger partial charge in [-0.3, -0.25) is 14.7 Å². The van der Waals surface area contributed by atoms with E-state index in [9.17, 15) is 4.79 Å². The monoisotopic (exact) mass is 309 g/mol. The summed E-state index contributed by atoms with van der Waals surface area (Å²) >= 11 is 0. The molecule has 1 aromatic heterocycles. The summed E-state index contributed by atoms with van der Waals surface area (Å²) in [7, 11) is 0. The lowest BCUT2D eigenvalue weighted by Crippen LogP contribution is -2.49. The molecular formula is C19H23N3O. The number of rotatable bonds is 2. The van der Waals surface area contributed by atoms with Crippen LogP contribution in [0.1, 0.15) is 36.2 Å². The maximum Gasteiger partial charge on any atom is 0.273 e. The fraction of sp³-hybridized carbons (Fsp3) is 0.474. The Hall–Kier alpha value is -1.94. The lowest BCUT2D eigenvalue weighted by Gasteiger charge is -2.37. The van der Waals surface area contributed by atoms with E-state index in [1.54, 1.807) is 6.20 Å². The van der Waals surface area contributed by atoms with E-state index < -0.39 is 0 Å². The quantitative estimate of drug-likeness (QED) is 0.856. The van der Waals surface area contributed by atoms with E-state index in [0.29, 0.717) is 11.7 Å². The van der Waals surface area contributed by atoms with Gasteiger partial charge in [0.05, 0.1) is 0 Å². The van der Waals surface area contributed by atoms with Gasteiger partial charge in [0.25, 0.3) is 5.91 Å². The van der Waals surface area contributed by atoms with Crippen LogP contribution >= 0.6 is 0 Å². The number of carbonyl (C=O) groups excluding carboxylic acids is 1. The Bertz CT molecular complexity index is 703. The minimum Gasteiger partial charge on any atom is -0.336 e. The van der Waals surface area contributed by atoms with Crippen molar-refractivity contribution in [2.45, 2.75) is 31.7 Å². The second-order valence-corrected chi connectivity index (χ2v) is 6.67. The van der Waals surface area contributed by atoms with Crippen molar-refractivity contribution in [2.75, 3.05) is 26.2 Å². The van der Waals surface area contributed by atoms with Gasteiger partial charge >= 0.3 is 0 Å². The normalized spacial score (nSPS) is 22.6. The first-order chi connectivity index (χ1) is 11.3. The van der Waals surface area contributed by atoms with Crippen LogP contribution in [-0.4, -0.2) is 52.9 Å². The van der Waals surface area contributed by atoms with Crippen LogP contribution in [-0.2, 0) is 0 Å². The first-order valence-electron chi connectivity index (χ1n) is 8.70. The van der Waals surface area contributed by atoms with Crippen molar-refractivity contribution in [2.24, 2.45) is 0 Å². The van der Waals surface area contributed by atoms with Crippen molar-refractivity contribution in [3.05, 3.63) is 42.2 Å². The summed E-state index contributed by atoms with van der Waals surface area (Å²) in [5.41, 5.74) is 0.602. The highest BCUT2D eigenvalue weighted by atomic mass is 16.2.